The number of nitrogens with zero attached hydrogens (tertiary/aromatic N) is 2. The first-order valence-electron chi connectivity index (χ1n) is 6.81. The highest BCUT2D eigenvalue weighted by Gasteiger charge is 2.17. The number of thiazole rings is 1. The Morgan fingerprint density at radius 3 is 2.85 bits per heavy atom. The molecule has 20 heavy (non-hydrogen) atoms. The van der Waals surface area contributed by atoms with Crippen molar-refractivity contribution >= 4 is 17.2 Å². The van der Waals surface area contributed by atoms with Crippen LogP contribution in [0.3, 0.4) is 0 Å². The van der Waals surface area contributed by atoms with Crippen LogP contribution in [0.5, 0.6) is 0 Å². The van der Waals surface area contributed by atoms with Crippen LogP contribution in [0.4, 0.5) is 0 Å². The Morgan fingerprint density at radius 2 is 2.30 bits per heavy atom. The van der Waals surface area contributed by atoms with E-state index in [1.165, 1.54) is 4.88 Å². The van der Waals surface area contributed by atoms with E-state index in [9.17, 15) is 4.79 Å². The molecule has 2 heterocycles. The minimum Gasteiger partial charge on any atom is -0.347 e. The number of amides is 1. The van der Waals surface area contributed by atoms with Gasteiger partial charge >= 0.3 is 0 Å². The topological polar surface area (TPSA) is 70.7 Å². The quantitative estimate of drug-likeness (QED) is 0.860. The van der Waals surface area contributed by atoms with Crippen LogP contribution in [-0.4, -0.2) is 21.1 Å². The molecule has 0 unspecified atom stereocenters. The molecule has 1 amide bonds. The zero-order chi connectivity index (χ0) is 14.5. The fourth-order valence-electron chi connectivity index (χ4n) is 1.92. The molecule has 0 aromatic carbocycles. The molecule has 0 aliphatic carbocycles. The third-order valence-corrected chi connectivity index (χ3v) is 4.47. The molecule has 108 valence electrons. The third kappa shape index (κ3) is 3.66. The summed E-state index contributed by atoms with van der Waals surface area (Å²) >= 11 is 1.66. The number of aromatic amines is 1. The average Bonchev–Trinajstić information content (AvgIpc) is 3.04. The summed E-state index contributed by atoms with van der Waals surface area (Å²) in [5.41, 5.74) is 2.10. The minimum atomic E-state index is 0.0178. The Hall–Kier alpha value is -1.69. The van der Waals surface area contributed by atoms with Crippen molar-refractivity contribution in [2.75, 3.05) is 0 Å². The lowest BCUT2D eigenvalue weighted by Gasteiger charge is -2.14. The molecule has 0 spiro atoms. The first-order chi connectivity index (χ1) is 9.60. The zero-order valence-corrected chi connectivity index (χ0v) is 12.9. The number of carbonyl (C=O) groups excluding carboxylic acids is 1. The SMILES string of the molecule is CC[C@H](NC(=O)CCc1cn[nH]c1)c1nc(C)c(C)s1. The zero-order valence-electron chi connectivity index (χ0n) is 12.1. The van der Waals surface area contributed by atoms with Crippen molar-refractivity contribution in [2.24, 2.45) is 0 Å². The summed E-state index contributed by atoms with van der Waals surface area (Å²) < 4.78 is 0. The van der Waals surface area contributed by atoms with Gasteiger partial charge in [0, 0.05) is 17.5 Å². The summed E-state index contributed by atoms with van der Waals surface area (Å²) in [6.07, 6.45) is 5.59. The van der Waals surface area contributed by atoms with Crippen molar-refractivity contribution in [3.8, 4) is 0 Å². The van der Waals surface area contributed by atoms with Crippen molar-refractivity contribution in [1.29, 1.82) is 0 Å². The predicted octanol–water partition coefficient (Wildman–Crippen LogP) is 2.68. The van der Waals surface area contributed by atoms with E-state index in [4.69, 9.17) is 0 Å². The summed E-state index contributed by atoms with van der Waals surface area (Å²) in [6.45, 7) is 6.12. The number of rotatable bonds is 6. The lowest BCUT2D eigenvalue weighted by Crippen LogP contribution is -2.28. The van der Waals surface area contributed by atoms with Crippen molar-refractivity contribution < 1.29 is 4.79 Å². The fourth-order valence-corrected chi connectivity index (χ4v) is 2.98. The van der Waals surface area contributed by atoms with Gasteiger partial charge in [0.2, 0.25) is 5.91 Å². The smallest absolute Gasteiger partial charge is 0.220 e. The molecule has 0 saturated heterocycles. The van der Waals surface area contributed by atoms with Crippen LogP contribution in [-0.2, 0) is 11.2 Å². The van der Waals surface area contributed by atoms with Gasteiger partial charge in [0.05, 0.1) is 17.9 Å². The van der Waals surface area contributed by atoms with Crippen molar-refractivity contribution in [2.45, 2.75) is 46.1 Å². The maximum atomic E-state index is 12.0. The molecule has 1 atom stereocenters. The molecule has 0 aliphatic heterocycles. The molecule has 0 aliphatic rings. The van der Waals surface area contributed by atoms with Crippen LogP contribution in [0.15, 0.2) is 12.4 Å². The molecule has 0 saturated carbocycles. The van der Waals surface area contributed by atoms with E-state index in [0.717, 1.165) is 22.7 Å². The molecule has 2 aromatic rings. The summed E-state index contributed by atoms with van der Waals surface area (Å²) in [5.74, 6) is 0.0588. The number of carbonyl (C=O) groups is 1. The van der Waals surface area contributed by atoms with Crippen molar-refractivity contribution in [3.63, 3.8) is 0 Å². The van der Waals surface area contributed by atoms with Crippen LogP contribution >= 0.6 is 11.3 Å². The van der Waals surface area contributed by atoms with Gasteiger partial charge in [-0.15, -0.1) is 11.3 Å². The van der Waals surface area contributed by atoms with Gasteiger partial charge in [-0.25, -0.2) is 4.98 Å². The van der Waals surface area contributed by atoms with Gasteiger partial charge in [-0.3, -0.25) is 9.89 Å². The largest absolute Gasteiger partial charge is 0.347 e. The predicted molar refractivity (Wildman–Crippen MR) is 79.7 cm³/mol. The maximum Gasteiger partial charge on any atom is 0.220 e. The van der Waals surface area contributed by atoms with E-state index < -0.39 is 0 Å². The first kappa shape index (κ1) is 14.7. The lowest BCUT2D eigenvalue weighted by atomic mass is 10.1. The maximum absolute atomic E-state index is 12.0. The molecule has 2 rings (SSSR count). The molecule has 2 aromatic heterocycles. The van der Waals surface area contributed by atoms with Gasteiger partial charge in [0.25, 0.3) is 0 Å². The van der Waals surface area contributed by atoms with Crippen LogP contribution in [0.1, 0.15) is 46.9 Å². The lowest BCUT2D eigenvalue weighted by molar-refractivity contribution is -0.121. The molecule has 0 bridgehead atoms. The highest BCUT2D eigenvalue weighted by molar-refractivity contribution is 7.11. The number of nitrogens with one attached hydrogen (secondary N) is 2. The number of aryl methyl sites for hydroxylation is 3. The molecular formula is C14H20N4OS. The van der Waals surface area contributed by atoms with Gasteiger partial charge in [-0.1, -0.05) is 6.92 Å². The van der Waals surface area contributed by atoms with E-state index in [2.05, 4.69) is 34.3 Å². The summed E-state index contributed by atoms with van der Waals surface area (Å²) in [6, 6.07) is 0.0178. The van der Waals surface area contributed by atoms with Gasteiger partial charge in [-0.2, -0.15) is 5.10 Å². The van der Waals surface area contributed by atoms with E-state index in [-0.39, 0.29) is 11.9 Å². The summed E-state index contributed by atoms with van der Waals surface area (Å²) in [7, 11) is 0. The Labute approximate surface area is 122 Å². The molecular weight excluding hydrogens is 272 g/mol. The summed E-state index contributed by atoms with van der Waals surface area (Å²) in [5, 5.41) is 10.7. The fraction of sp³-hybridized carbons (Fsp3) is 0.500. The normalized spacial score (nSPS) is 12.3. The number of hydrogen-bond acceptors (Lipinski definition) is 4. The van der Waals surface area contributed by atoms with Gasteiger partial charge < -0.3 is 5.32 Å². The van der Waals surface area contributed by atoms with E-state index in [0.29, 0.717) is 12.8 Å². The monoisotopic (exact) mass is 292 g/mol. The second kappa shape index (κ2) is 6.65. The van der Waals surface area contributed by atoms with Gasteiger partial charge in [0.15, 0.2) is 0 Å². The van der Waals surface area contributed by atoms with E-state index in [1.807, 2.05) is 13.1 Å². The molecule has 0 fully saturated rings. The highest BCUT2D eigenvalue weighted by Crippen LogP contribution is 2.24. The number of hydrogen-bond donors (Lipinski definition) is 2. The Bertz CT molecular complexity index is 542. The third-order valence-electron chi connectivity index (χ3n) is 3.28. The highest BCUT2D eigenvalue weighted by atomic mass is 32.1. The molecule has 0 radical (unpaired) electrons. The van der Waals surface area contributed by atoms with Crippen LogP contribution in [0, 0.1) is 13.8 Å². The molecule has 6 heteroatoms. The van der Waals surface area contributed by atoms with Crippen molar-refractivity contribution in [1.82, 2.24) is 20.5 Å². The van der Waals surface area contributed by atoms with E-state index >= 15 is 0 Å². The minimum absolute atomic E-state index is 0.0178. The number of aromatic nitrogens is 3. The summed E-state index contributed by atoms with van der Waals surface area (Å²) in [4.78, 5) is 17.8. The molecule has 5 nitrogen and oxygen atoms in total. The first-order valence-corrected chi connectivity index (χ1v) is 7.62. The average molecular weight is 292 g/mol. The van der Waals surface area contributed by atoms with Crippen LogP contribution < -0.4 is 5.32 Å². The Morgan fingerprint density at radius 1 is 1.50 bits per heavy atom. The molecule has 2 N–H and O–H groups in total. The van der Waals surface area contributed by atoms with Crippen LogP contribution in [0.2, 0.25) is 0 Å². The second-order valence-electron chi connectivity index (χ2n) is 4.83. The Balaban J connectivity index is 1.90. The van der Waals surface area contributed by atoms with Crippen molar-refractivity contribution in [3.05, 3.63) is 33.5 Å². The standard InChI is InChI=1S/C14H20N4OS/c1-4-12(14-17-9(2)10(3)20-14)18-13(19)6-5-11-7-15-16-8-11/h7-8,12H,4-6H2,1-3H3,(H,15,16)(H,18,19)/t12-/m0/s1. The van der Waals surface area contributed by atoms with Gasteiger partial charge in [0.1, 0.15) is 5.01 Å². The second-order valence-corrected chi connectivity index (χ2v) is 6.06. The Kier molecular flexibility index (Phi) is 4.89. The van der Waals surface area contributed by atoms with Crippen LogP contribution in [0.25, 0.3) is 0 Å². The van der Waals surface area contributed by atoms with Gasteiger partial charge in [-0.05, 0) is 32.3 Å². The number of H-pyrrole nitrogens is 1. The van der Waals surface area contributed by atoms with E-state index in [1.54, 1.807) is 17.5 Å².